The number of nitrogens with two attached hydrogens (primary N) is 1. The topological polar surface area (TPSA) is 134 Å². The van der Waals surface area contributed by atoms with E-state index in [2.05, 4.69) is 20.5 Å². The molecule has 0 unspecified atom stereocenters. The first-order valence-corrected chi connectivity index (χ1v) is 9.04. The van der Waals surface area contributed by atoms with Crippen LogP contribution in [0.3, 0.4) is 0 Å². The highest BCUT2D eigenvalue weighted by molar-refractivity contribution is 7.89. The van der Waals surface area contributed by atoms with Gasteiger partial charge in [0.25, 0.3) is 0 Å². The van der Waals surface area contributed by atoms with E-state index < -0.39 is 27.8 Å². The third kappa shape index (κ3) is 3.61. The van der Waals surface area contributed by atoms with Gasteiger partial charge in [-0.15, -0.1) is 5.10 Å². The van der Waals surface area contributed by atoms with Crippen LogP contribution < -0.4 is 11.1 Å². The van der Waals surface area contributed by atoms with Crippen molar-refractivity contribution in [2.45, 2.75) is 30.3 Å². The molecule has 4 N–H and O–H groups in total. The summed E-state index contributed by atoms with van der Waals surface area (Å²) in [5.41, 5.74) is 5.38. The zero-order valence-electron chi connectivity index (χ0n) is 13.1. The average molecular weight is 368 g/mol. The van der Waals surface area contributed by atoms with E-state index in [4.69, 9.17) is 5.73 Å². The summed E-state index contributed by atoms with van der Waals surface area (Å²) in [6, 6.07) is 3.71. The molecule has 25 heavy (non-hydrogen) atoms. The number of rotatable bonds is 5. The van der Waals surface area contributed by atoms with Crippen molar-refractivity contribution in [3.63, 3.8) is 0 Å². The van der Waals surface area contributed by atoms with Crippen LogP contribution in [0.15, 0.2) is 29.2 Å². The summed E-state index contributed by atoms with van der Waals surface area (Å²) in [6.07, 6.45) is 0.971. The summed E-state index contributed by atoms with van der Waals surface area (Å²) in [7, 11) is -3.88. The van der Waals surface area contributed by atoms with Crippen molar-refractivity contribution in [2.75, 3.05) is 12.3 Å². The van der Waals surface area contributed by atoms with Crippen molar-refractivity contribution >= 4 is 21.9 Å². The summed E-state index contributed by atoms with van der Waals surface area (Å²) in [5, 5.41) is 8.82. The van der Waals surface area contributed by atoms with Crippen molar-refractivity contribution in [1.29, 1.82) is 0 Å². The molecule has 1 saturated heterocycles. The molecule has 0 bridgehead atoms. The maximum absolute atomic E-state index is 13.0. The molecule has 11 heteroatoms. The molecule has 1 amide bonds. The Kier molecular flexibility index (Phi) is 4.68. The Labute approximate surface area is 143 Å². The Hall–Kier alpha value is -2.53. The SMILES string of the molecule is Nc1n[nH]c(CNC(=O)[C@H]2CCCN2S(=O)(=O)c2ccc(F)cc2)n1. The fourth-order valence-corrected chi connectivity index (χ4v) is 4.37. The van der Waals surface area contributed by atoms with E-state index in [-0.39, 0.29) is 23.9 Å². The number of benzene rings is 1. The number of nitrogens with one attached hydrogen (secondary N) is 2. The van der Waals surface area contributed by atoms with Crippen LogP contribution in [0.25, 0.3) is 0 Å². The van der Waals surface area contributed by atoms with Crippen molar-refractivity contribution < 1.29 is 17.6 Å². The molecule has 1 fully saturated rings. The number of anilines is 1. The molecule has 1 aromatic heterocycles. The summed E-state index contributed by atoms with van der Waals surface area (Å²) >= 11 is 0. The minimum atomic E-state index is -3.88. The molecule has 3 rings (SSSR count). The average Bonchev–Trinajstić information content (AvgIpc) is 3.22. The standard InChI is InChI=1S/C14H17FN6O3S/c15-9-3-5-10(6-4-9)25(23,24)21-7-1-2-11(21)13(22)17-8-12-18-14(16)20-19-12/h3-6,11H,1-2,7-8H2,(H,17,22)(H3,16,18,19,20)/t11-/m1/s1. The predicted octanol–water partition coefficient (Wildman–Crippen LogP) is -0.00450. The number of hydrogen-bond donors (Lipinski definition) is 3. The number of aromatic amines is 1. The smallest absolute Gasteiger partial charge is 0.243 e. The molecule has 2 aromatic rings. The molecule has 1 atom stereocenters. The van der Waals surface area contributed by atoms with Gasteiger partial charge in [0, 0.05) is 6.54 Å². The number of aromatic nitrogens is 3. The van der Waals surface area contributed by atoms with Crippen molar-refractivity contribution in [1.82, 2.24) is 24.8 Å². The van der Waals surface area contributed by atoms with Gasteiger partial charge in [-0.05, 0) is 37.1 Å². The third-order valence-electron chi connectivity index (χ3n) is 3.91. The van der Waals surface area contributed by atoms with E-state index in [0.717, 1.165) is 16.4 Å². The van der Waals surface area contributed by atoms with Gasteiger partial charge in [0.2, 0.25) is 21.9 Å². The summed E-state index contributed by atoms with van der Waals surface area (Å²) in [5.74, 6) is -0.526. The van der Waals surface area contributed by atoms with Crippen LogP contribution in [0.4, 0.5) is 10.3 Å². The normalized spacial score (nSPS) is 18.4. The molecule has 0 saturated carbocycles. The predicted molar refractivity (Wildman–Crippen MR) is 86.0 cm³/mol. The van der Waals surface area contributed by atoms with Gasteiger partial charge in [-0.3, -0.25) is 9.89 Å². The van der Waals surface area contributed by atoms with E-state index in [1.807, 2.05) is 0 Å². The van der Waals surface area contributed by atoms with E-state index in [1.165, 1.54) is 12.1 Å². The maximum atomic E-state index is 13.0. The van der Waals surface area contributed by atoms with Crippen LogP contribution in [0, 0.1) is 5.82 Å². The molecule has 0 spiro atoms. The number of halogens is 1. The minimum absolute atomic E-state index is 0.0448. The van der Waals surface area contributed by atoms with E-state index in [9.17, 15) is 17.6 Å². The zero-order chi connectivity index (χ0) is 18.0. The molecule has 1 aliphatic heterocycles. The second kappa shape index (κ2) is 6.76. The lowest BCUT2D eigenvalue weighted by Gasteiger charge is -2.23. The third-order valence-corrected chi connectivity index (χ3v) is 5.83. The van der Waals surface area contributed by atoms with Gasteiger partial charge in [-0.1, -0.05) is 0 Å². The molecule has 0 aliphatic carbocycles. The number of hydrogen-bond acceptors (Lipinski definition) is 6. The Bertz CT molecular complexity index is 867. The van der Waals surface area contributed by atoms with Crippen molar-refractivity contribution in [3.8, 4) is 0 Å². The molecule has 1 aromatic carbocycles. The fourth-order valence-electron chi connectivity index (χ4n) is 2.71. The summed E-state index contributed by atoms with van der Waals surface area (Å²) in [4.78, 5) is 16.2. The van der Waals surface area contributed by atoms with Gasteiger partial charge >= 0.3 is 0 Å². The first kappa shape index (κ1) is 17.3. The van der Waals surface area contributed by atoms with E-state index in [1.54, 1.807) is 0 Å². The number of nitrogen functional groups attached to an aromatic ring is 1. The van der Waals surface area contributed by atoms with Crippen LogP contribution in [0.2, 0.25) is 0 Å². The number of H-pyrrole nitrogens is 1. The fraction of sp³-hybridized carbons (Fsp3) is 0.357. The first-order chi connectivity index (χ1) is 11.9. The highest BCUT2D eigenvalue weighted by Crippen LogP contribution is 2.26. The van der Waals surface area contributed by atoms with Crippen LogP contribution in [-0.4, -0.2) is 46.4 Å². The highest BCUT2D eigenvalue weighted by atomic mass is 32.2. The number of nitrogens with zero attached hydrogens (tertiary/aromatic N) is 3. The van der Waals surface area contributed by atoms with Gasteiger partial charge in [-0.2, -0.15) is 9.29 Å². The lowest BCUT2D eigenvalue weighted by atomic mass is 10.2. The lowest BCUT2D eigenvalue weighted by Crippen LogP contribution is -2.45. The van der Waals surface area contributed by atoms with Gasteiger partial charge in [0.15, 0.2) is 0 Å². The van der Waals surface area contributed by atoms with Crippen molar-refractivity contribution in [2.24, 2.45) is 0 Å². The van der Waals surface area contributed by atoms with Crippen LogP contribution in [0.1, 0.15) is 18.7 Å². The van der Waals surface area contributed by atoms with Gasteiger partial charge < -0.3 is 11.1 Å². The quantitative estimate of drug-likeness (QED) is 0.680. The number of sulfonamides is 1. The Morgan fingerprint density at radius 2 is 2.12 bits per heavy atom. The van der Waals surface area contributed by atoms with Crippen LogP contribution >= 0.6 is 0 Å². The van der Waals surface area contributed by atoms with E-state index in [0.29, 0.717) is 18.7 Å². The molecule has 134 valence electrons. The van der Waals surface area contributed by atoms with Crippen molar-refractivity contribution in [3.05, 3.63) is 35.9 Å². The molecular weight excluding hydrogens is 351 g/mol. The Morgan fingerprint density at radius 3 is 2.76 bits per heavy atom. The molecule has 9 nitrogen and oxygen atoms in total. The Morgan fingerprint density at radius 1 is 1.40 bits per heavy atom. The Balaban J connectivity index is 1.72. The monoisotopic (exact) mass is 368 g/mol. The minimum Gasteiger partial charge on any atom is -0.367 e. The first-order valence-electron chi connectivity index (χ1n) is 7.60. The number of carbonyl (C=O) groups is 1. The summed E-state index contributed by atoms with van der Waals surface area (Å²) < 4.78 is 39.6. The molecule has 1 aliphatic rings. The van der Waals surface area contributed by atoms with Crippen LogP contribution in [-0.2, 0) is 21.4 Å². The molecular formula is C14H17FN6O3S. The molecule has 0 radical (unpaired) electrons. The second-order valence-electron chi connectivity index (χ2n) is 5.59. The maximum Gasteiger partial charge on any atom is 0.243 e. The van der Waals surface area contributed by atoms with E-state index >= 15 is 0 Å². The molecule has 2 heterocycles. The van der Waals surface area contributed by atoms with Gasteiger partial charge in [0.05, 0.1) is 11.4 Å². The number of carbonyl (C=O) groups excluding carboxylic acids is 1. The van der Waals surface area contributed by atoms with Crippen LogP contribution in [0.5, 0.6) is 0 Å². The number of amides is 1. The summed E-state index contributed by atoms with van der Waals surface area (Å²) in [6.45, 7) is 0.289. The highest BCUT2D eigenvalue weighted by Gasteiger charge is 2.39. The second-order valence-corrected chi connectivity index (χ2v) is 7.48. The van der Waals surface area contributed by atoms with Gasteiger partial charge in [0.1, 0.15) is 17.7 Å². The zero-order valence-corrected chi connectivity index (χ0v) is 14.0. The van der Waals surface area contributed by atoms with Gasteiger partial charge in [-0.25, -0.2) is 12.8 Å². The lowest BCUT2D eigenvalue weighted by molar-refractivity contribution is -0.124. The largest absolute Gasteiger partial charge is 0.367 e.